The van der Waals surface area contributed by atoms with Gasteiger partial charge in [0, 0.05) is 6.07 Å². The molecule has 0 bridgehead atoms. The summed E-state index contributed by atoms with van der Waals surface area (Å²) in [6.07, 6.45) is -2.89. The van der Waals surface area contributed by atoms with Crippen LogP contribution in [0.3, 0.4) is 0 Å². The standard InChI is InChI=1S/C20H19F4N5O4/c1-2-31-12-3-4-14(13(21)9-12)32-17-15-16(26-10-27-17)29(11-5-7-25-8-6-11)28-18(15)33-19(30)20(22,23)24/h3-4,9-11,25H,2,5-8H2,1H3. The van der Waals surface area contributed by atoms with Crippen LogP contribution in [-0.4, -0.2) is 51.6 Å². The van der Waals surface area contributed by atoms with Crippen LogP contribution in [0.2, 0.25) is 0 Å². The predicted molar refractivity (Wildman–Crippen MR) is 106 cm³/mol. The molecule has 0 atom stereocenters. The number of carbonyl (C=O) groups excluding carboxylic acids is 1. The van der Waals surface area contributed by atoms with Crippen molar-refractivity contribution >= 4 is 17.0 Å². The van der Waals surface area contributed by atoms with E-state index in [4.69, 9.17) is 9.47 Å². The summed E-state index contributed by atoms with van der Waals surface area (Å²) in [6.45, 7) is 3.39. The number of carbonyl (C=O) groups is 1. The molecule has 0 radical (unpaired) electrons. The molecule has 0 unspecified atom stereocenters. The Hall–Kier alpha value is -3.48. The first kappa shape index (κ1) is 22.7. The lowest BCUT2D eigenvalue weighted by Gasteiger charge is -2.23. The van der Waals surface area contributed by atoms with Gasteiger partial charge in [0.2, 0.25) is 5.88 Å². The van der Waals surface area contributed by atoms with Gasteiger partial charge < -0.3 is 19.5 Å². The molecule has 1 aromatic carbocycles. The maximum atomic E-state index is 14.5. The van der Waals surface area contributed by atoms with Crippen LogP contribution in [0, 0.1) is 5.82 Å². The van der Waals surface area contributed by atoms with E-state index in [2.05, 4.69) is 25.1 Å². The third-order valence-corrected chi connectivity index (χ3v) is 4.92. The fraction of sp³-hybridized carbons (Fsp3) is 0.400. The average Bonchev–Trinajstić information content (AvgIpc) is 3.15. The highest BCUT2D eigenvalue weighted by Crippen LogP contribution is 2.38. The Morgan fingerprint density at radius 1 is 1.21 bits per heavy atom. The number of halogens is 4. The normalized spacial score (nSPS) is 14.9. The lowest BCUT2D eigenvalue weighted by molar-refractivity contribution is -0.189. The van der Waals surface area contributed by atoms with E-state index in [-0.39, 0.29) is 34.5 Å². The summed E-state index contributed by atoms with van der Waals surface area (Å²) in [5.41, 5.74) is 0.100. The minimum Gasteiger partial charge on any atom is -0.494 e. The van der Waals surface area contributed by atoms with Gasteiger partial charge in [-0.2, -0.15) is 13.2 Å². The Labute approximate surface area is 184 Å². The van der Waals surface area contributed by atoms with Gasteiger partial charge in [-0.05, 0) is 45.0 Å². The number of ether oxygens (including phenoxy) is 3. The summed E-state index contributed by atoms with van der Waals surface area (Å²) in [7, 11) is 0. The molecule has 3 heterocycles. The van der Waals surface area contributed by atoms with E-state index in [1.807, 2.05) is 0 Å². The van der Waals surface area contributed by atoms with Gasteiger partial charge in [-0.25, -0.2) is 23.8 Å². The van der Waals surface area contributed by atoms with Crippen molar-refractivity contribution in [1.82, 2.24) is 25.1 Å². The Kier molecular flexibility index (Phi) is 6.31. The van der Waals surface area contributed by atoms with Crippen LogP contribution in [0.4, 0.5) is 17.6 Å². The van der Waals surface area contributed by atoms with Crippen molar-refractivity contribution in [2.24, 2.45) is 0 Å². The summed E-state index contributed by atoms with van der Waals surface area (Å²) in [6, 6.07) is 3.63. The molecule has 0 aliphatic carbocycles. The third kappa shape index (κ3) is 4.82. The number of piperidine rings is 1. The number of hydrogen-bond donors (Lipinski definition) is 1. The van der Waals surface area contributed by atoms with Crippen molar-refractivity contribution in [3.8, 4) is 23.3 Å². The second-order valence-electron chi connectivity index (χ2n) is 7.12. The molecule has 4 rings (SSSR count). The Morgan fingerprint density at radius 2 is 1.97 bits per heavy atom. The lowest BCUT2D eigenvalue weighted by atomic mass is 10.1. The van der Waals surface area contributed by atoms with E-state index in [1.54, 1.807) is 6.92 Å². The maximum absolute atomic E-state index is 14.5. The topological polar surface area (TPSA) is 100 Å². The molecular formula is C20H19F4N5O4. The number of rotatable bonds is 6. The van der Waals surface area contributed by atoms with E-state index in [0.29, 0.717) is 32.5 Å². The predicted octanol–water partition coefficient (Wildman–Crippen LogP) is 3.55. The molecule has 1 saturated heterocycles. The molecule has 1 N–H and O–H groups in total. The Morgan fingerprint density at radius 3 is 2.64 bits per heavy atom. The van der Waals surface area contributed by atoms with Crippen LogP contribution in [0.1, 0.15) is 25.8 Å². The van der Waals surface area contributed by atoms with E-state index < -0.39 is 23.8 Å². The lowest BCUT2D eigenvalue weighted by Crippen LogP contribution is -2.30. The van der Waals surface area contributed by atoms with Gasteiger partial charge in [0.15, 0.2) is 17.2 Å². The van der Waals surface area contributed by atoms with E-state index >= 15 is 0 Å². The molecule has 176 valence electrons. The van der Waals surface area contributed by atoms with E-state index in [0.717, 1.165) is 12.4 Å². The maximum Gasteiger partial charge on any atom is 0.491 e. The molecule has 1 fully saturated rings. The SMILES string of the molecule is CCOc1ccc(Oc2ncnc3c2c(OC(=O)C(F)(F)F)nn3C2CCNCC2)c(F)c1. The van der Waals surface area contributed by atoms with Crippen molar-refractivity contribution in [3.05, 3.63) is 30.3 Å². The number of alkyl halides is 3. The van der Waals surface area contributed by atoms with Crippen molar-refractivity contribution in [1.29, 1.82) is 0 Å². The highest BCUT2D eigenvalue weighted by atomic mass is 19.4. The van der Waals surface area contributed by atoms with Gasteiger partial charge >= 0.3 is 12.1 Å². The van der Waals surface area contributed by atoms with E-state index in [1.165, 1.54) is 16.8 Å². The molecule has 0 amide bonds. The minimum atomic E-state index is -5.25. The first-order valence-corrected chi connectivity index (χ1v) is 10.1. The molecule has 2 aromatic heterocycles. The van der Waals surface area contributed by atoms with Gasteiger partial charge in [0.05, 0.1) is 12.6 Å². The Bertz CT molecular complexity index is 1160. The summed E-state index contributed by atoms with van der Waals surface area (Å²) in [5, 5.41) is 7.07. The second-order valence-corrected chi connectivity index (χ2v) is 7.12. The van der Waals surface area contributed by atoms with Gasteiger partial charge in [0.1, 0.15) is 17.5 Å². The summed E-state index contributed by atoms with van der Waals surface area (Å²) in [4.78, 5) is 19.6. The zero-order valence-corrected chi connectivity index (χ0v) is 17.4. The van der Waals surface area contributed by atoms with Crippen LogP contribution >= 0.6 is 0 Å². The molecule has 1 aliphatic heterocycles. The Balaban J connectivity index is 1.78. The molecule has 13 heteroatoms. The number of fused-ring (bicyclic) bond motifs is 1. The summed E-state index contributed by atoms with van der Waals surface area (Å²) >= 11 is 0. The summed E-state index contributed by atoms with van der Waals surface area (Å²) in [5.74, 6) is -4.22. The van der Waals surface area contributed by atoms with Gasteiger partial charge in [0.25, 0.3) is 5.88 Å². The molecule has 3 aromatic rings. The van der Waals surface area contributed by atoms with Gasteiger partial charge in [-0.3, -0.25) is 0 Å². The fourth-order valence-electron chi connectivity index (χ4n) is 3.44. The van der Waals surface area contributed by atoms with Crippen molar-refractivity contribution in [2.45, 2.75) is 32.0 Å². The fourth-order valence-corrected chi connectivity index (χ4v) is 3.44. The number of nitrogens with zero attached hydrogens (tertiary/aromatic N) is 4. The molecular weight excluding hydrogens is 450 g/mol. The molecule has 33 heavy (non-hydrogen) atoms. The van der Waals surface area contributed by atoms with Crippen molar-refractivity contribution in [2.75, 3.05) is 19.7 Å². The van der Waals surface area contributed by atoms with Gasteiger partial charge in [-0.1, -0.05) is 0 Å². The van der Waals surface area contributed by atoms with Crippen LogP contribution < -0.4 is 19.5 Å². The molecule has 1 aliphatic rings. The number of nitrogens with one attached hydrogen (secondary N) is 1. The summed E-state index contributed by atoms with van der Waals surface area (Å²) < 4.78 is 69.8. The smallest absolute Gasteiger partial charge is 0.491 e. The quantitative estimate of drug-likeness (QED) is 0.432. The average molecular weight is 469 g/mol. The highest BCUT2D eigenvalue weighted by molar-refractivity contribution is 5.90. The van der Waals surface area contributed by atoms with Crippen LogP contribution in [0.25, 0.3) is 11.0 Å². The van der Waals surface area contributed by atoms with Crippen molar-refractivity contribution in [3.63, 3.8) is 0 Å². The number of aromatic nitrogens is 4. The van der Waals surface area contributed by atoms with E-state index in [9.17, 15) is 22.4 Å². The van der Waals surface area contributed by atoms with Crippen molar-refractivity contribution < 1.29 is 36.6 Å². The van der Waals surface area contributed by atoms with Crippen LogP contribution in [0.5, 0.6) is 23.3 Å². The zero-order chi connectivity index (χ0) is 23.6. The monoisotopic (exact) mass is 469 g/mol. The molecule has 9 nitrogen and oxygen atoms in total. The first-order valence-electron chi connectivity index (χ1n) is 10.1. The number of hydrogen-bond acceptors (Lipinski definition) is 8. The van der Waals surface area contributed by atoms with Crippen LogP contribution in [-0.2, 0) is 4.79 Å². The number of esters is 1. The molecule has 0 spiro atoms. The minimum absolute atomic E-state index is 0.100. The first-order chi connectivity index (χ1) is 15.8. The number of benzene rings is 1. The highest BCUT2D eigenvalue weighted by Gasteiger charge is 2.42. The third-order valence-electron chi connectivity index (χ3n) is 4.92. The second kappa shape index (κ2) is 9.17. The molecule has 0 saturated carbocycles. The zero-order valence-electron chi connectivity index (χ0n) is 17.4. The van der Waals surface area contributed by atoms with Crippen LogP contribution in [0.15, 0.2) is 24.5 Å². The largest absolute Gasteiger partial charge is 0.494 e. The van der Waals surface area contributed by atoms with Gasteiger partial charge in [-0.15, -0.1) is 5.10 Å².